The highest BCUT2D eigenvalue weighted by molar-refractivity contribution is 8.15. The highest BCUT2D eigenvalue weighted by atomic mass is 32.2. The molecule has 1 aromatic heterocycles. The number of aliphatic imine (C=N–C) groups is 1. The van der Waals surface area contributed by atoms with Crippen molar-refractivity contribution in [2.45, 2.75) is 18.6 Å². The van der Waals surface area contributed by atoms with Crippen molar-refractivity contribution in [1.82, 2.24) is 14.8 Å². The highest BCUT2D eigenvalue weighted by Crippen LogP contribution is 2.33. The van der Waals surface area contributed by atoms with E-state index in [1.165, 1.54) is 11.3 Å². The zero-order valence-electron chi connectivity index (χ0n) is 15.5. The van der Waals surface area contributed by atoms with E-state index in [1.807, 2.05) is 53.2 Å². The van der Waals surface area contributed by atoms with Crippen molar-refractivity contribution in [3.63, 3.8) is 0 Å². The number of amidine groups is 1. The number of nitrogens with one attached hydrogen (secondary N) is 1. The van der Waals surface area contributed by atoms with Gasteiger partial charge in [-0.25, -0.2) is 9.78 Å². The van der Waals surface area contributed by atoms with Crippen LogP contribution < -0.4 is 5.32 Å². The predicted molar refractivity (Wildman–Crippen MR) is 114 cm³/mol. The molecule has 3 heterocycles. The molecule has 1 N–H and O–H groups in total. The van der Waals surface area contributed by atoms with Crippen LogP contribution in [0.4, 0.5) is 9.93 Å². The van der Waals surface area contributed by atoms with E-state index in [0.717, 1.165) is 35.2 Å². The van der Waals surface area contributed by atoms with Crippen molar-refractivity contribution in [1.29, 1.82) is 0 Å². The normalized spacial score (nSPS) is 19.1. The lowest BCUT2D eigenvalue weighted by Gasteiger charge is -2.35. The van der Waals surface area contributed by atoms with Gasteiger partial charge in [0.05, 0.1) is 11.4 Å². The molecule has 0 saturated carbocycles. The molecule has 8 heteroatoms. The lowest BCUT2D eigenvalue weighted by atomic mass is 10.2. The van der Waals surface area contributed by atoms with Crippen LogP contribution in [0.2, 0.25) is 0 Å². The number of nitrogens with zero attached hydrogens (tertiary/aromatic N) is 4. The third kappa shape index (κ3) is 4.27. The van der Waals surface area contributed by atoms with Crippen molar-refractivity contribution in [3.8, 4) is 10.4 Å². The fraction of sp³-hybridized carbons (Fsp3) is 0.421. The lowest BCUT2D eigenvalue weighted by molar-refractivity contribution is 0.182. The molecule has 27 heavy (non-hydrogen) atoms. The summed E-state index contributed by atoms with van der Waals surface area (Å²) in [6, 6.07) is 10.0. The minimum absolute atomic E-state index is 0.0787. The van der Waals surface area contributed by atoms with Crippen LogP contribution in [-0.2, 0) is 0 Å². The summed E-state index contributed by atoms with van der Waals surface area (Å²) in [5.74, 6) is 0. The average Bonchev–Trinajstić information content (AvgIpc) is 3.29. The van der Waals surface area contributed by atoms with Crippen molar-refractivity contribution in [2.75, 3.05) is 38.0 Å². The van der Waals surface area contributed by atoms with Gasteiger partial charge in [0.15, 0.2) is 10.3 Å². The van der Waals surface area contributed by atoms with Crippen LogP contribution in [-0.4, -0.2) is 63.5 Å². The molecule has 0 aliphatic carbocycles. The molecule has 2 aliphatic rings. The van der Waals surface area contributed by atoms with E-state index in [9.17, 15) is 4.79 Å². The van der Waals surface area contributed by atoms with Gasteiger partial charge in [-0.15, -0.1) is 0 Å². The van der Waals surface area contributed by atoms with Crippen LogP contribution >= 0.6 is 23.1 Å². The molecule has 1 saturated heterocycles. The summed E-state index contributed by atoms with van der Waals surface area (Å²) in [4.78, 5) is 26.8. The van der Waals surface area contributed by atoms with E-state index in [2.05, 4.69) is 34.0 Å². The minimum Gasteiger partial charge on any atom is -0.348 e. The number of anilines is 1. The maximum absolute atomic E-state index is 12.6. The Hall–Kier alpha value is -2.06. The standard InChI is InChI=1S/C19H23N5OS2/c1-19(2)13-21-18(27-19)24-10-8-23(9-11-24)17(25)22-16-20-12-15(26-16)14-6-4-3-5-7-14/h3-7,12H,8-11,13H2,1-2H3,(H,20,22,25). The molecule has 0 radical (unpaired) electrons. The molecule has 2 aromatic rings. The van der Waals surface area contributed by atoms with Crippen molar-refractivity contribution in [2.24, 2.45) is 4.99 Å². The molecule has 6 nitrogen and oxygen atoms in total. The Balaban J connectivity index is 1.31. The molecular weight excluding hydrogens is 378 g/mol. The number of piperazine rings is 1. The van der Waals surface area contributed by atoms with Crippen LogP contribution in [0.15, 0.2) is 41.5 Å². The third-order valence-electron chi connectivity index (χ3n) is 4.58. The molecule has 1 fully saturated rings. The van der Waals surface area contributed by atoms with Crippen LogP contribution in [0.25, 0.3) is 10.4 Å². The summed E-state index contributed by atoms with van der Waals surface area (Å²) < 4.78 is 0.186. The molecule has 0 spiro atoms. The number of rotatable bonds is 2. The van der Waals surface area contributed by atoms with E-state index in [0.29, 0.717) is 18.2 Å². The third-order valence-corrected chi connectivity index (χ3v) is 6.79. The summed E-state index contributed by atoms with van der Waals surface area (Å²) in [5, 5.41) is 4.70. The smallest absolute Gasteiger partial charge is 0.323 e. The zero-order valence-corrected chi connectivity index (χ0v) is 17.1. The molecule has 2 aliphatic heterocycles. The summed E-state index contributed by atoms with van der Waals surface area (Å²) in [7, 11) is 0. The molecule has 1 aromatic carbocycles. The SMILES string of the molecule is CC1(C)CN=C(N2CCN(C(=O)Nc3ncc(-c4ccccc4)s3)CC2)S1. The number of amides is 2. The van der Waals surface area contributed by atoms with Crippen molar-refractivity contribution >= 4 is 39.4 Å². The largest absolute Gasteiger partial charge is 0.348 e. The van der Waals surface area contributed by atoms with Gasteiger partial charge >= 0.3 is 6.03 Å². The molecule has 0 atom stereocenters. The van der Waals surface area contributed by atoms with Gasteiger partial charge in [0.2, 0.25) is 0 Å². The topological polar surface area (TPSA) is 60.8 Å². The first kappa shape index (κ1) is 18.3. The summed E-state index contributed by atoms with van der Waals surface area (Å²) in [6.45, 7) is 8.34. The number of thioether (sulfide) groups is 1. The second kappa shape index (κ2) is 7.52. The number of benzene rings is 1. The number of urea groups is 1. The average molecular weight is 402 g/mol. The van der Waals surface area contributed by atoms with Gasteiger partial charge in [0.1, 0.15) is 0 Å². The van der Waals surface area contributed by atoms with Gasteiger partial charge in [0, 0.05) is 37.1 Å². The molecule has 4 rings (SSSR count). The van der Waals surface area contributed by atoms with E-state index in [4.69, 9.17) is 0 Å². The number of carbonyl (C=O) groups excluding carboxylic acids is 1. The van der Waals surface area contributed by atoms with Gasteiger partial charge < -0.3 is 9.80 Å². The van der Waals surface area contributed by atoms with Crippen LogP contribution in [0, 0.1) is 0 Å². The van der Waals surface area contributed by atoms with E-state index < -0.39 is 0 Å². The second-order valence-electron chi connectivity index (χ2n) is 7.26. The maximum atomic E-state index is 12.6. The molecule has 0 unspecified atom stereocenters. The molecule has 2 amide bonds. The monoisotopic (exact) mass is 401 g/mol. The number of hydrogen-bond donors (Lipinski definition) is 1. The van der Waals surface area contributed by atoms with Gasteiger partial charge in [0.25, 0.3) is 0 Å². The fourth-order valence-corrected chi connectivity index (χ4v) is 4.95. The number of carbonyl (C=O) groups is 1. The van der Waals surface area contributed by atoms with Gasteiger partial charge in [-0.3, -0.25) is 10.3 Å². The first-order valence-corrected chi connectivity index (χ1v) is 10.7. The van der Waals surface area contributed by atoms with Gasteiger partial charge in [-0.1, -0.05) is 53.4 Å². The van der Waals surface area contributed by atoms with Gasteiger partial charge in [-0.05, 0) is 19.4 Å². The first-order valence-electron chi connectivity index (χ1n) is 9.06. The van der Waals surface area contributed by atoms with Crippen LogP contribution in [0.3, 0.4) is 0 Å². The Labute approximate surface area is 167 Å². The number of hydrogen-bond acceptors (Lipinski definition) is 6. The quantitative estimate of drug-likeness (QED) is 0.831. The van der Waals surface area contributed by atoms with Crippen molar-refractivity contribution < 1.29 is 4.79 Å². The molecule has 0 bridgehead atoms. The summed E-state index contributed by atoms with van der Waals surface area (Å²) in [6.07, 6.45) is 1.81. The van der Waals surface area contributed by atoms with Crippen LogP contribution in [0.1, 0.15) is 13.8 Å². The van der Waals surface area contributed by atoms with Gasteiger partial charge in [-0.2, -0.15) is 0 Å². The predicted octanol–water partition coefficient (Wildman–Crippen LogP) is 3.84. The van der Waals surface area contributed by atoms with Crippen LogP contribution in [0.5, 0.6) is 0 Å². The number of aromatic nitrogens is 1. The Morgan fingerprint density at radius 3 is 2.56 bits per heavy atom. The maximum Gasteiger partial charge on any atom is 0.323 e. The number of thiazole rings is 1. The Morgan fingerprint density at radius 1 is 1.15 bits per heavy atom. The Bertz CT molecular complexity index is 841. The van der Waals surface area contributed by atoms with Crippen molar-refractivity contribution in [3.05, 3.63) is 36.5 Å². The zero-order chi connectivity index (χ0) is 18.9. The molecule has 142 valence electrons. The lowest BCUT2D eigenvalue weighted by Crippen LogP contribution is -2.51. The minimum atomic E-state index is -0.0787. The highest BCUT2D eigenvalue weighted by Gasteiger charge is 2.32. The second-order valence-corrected chi connectivity index (χ2v) is 9.97. The Morgan fingerprint density at radius 2 is 1.89 bits per heavy atom. The Kier molecular flexibility index (Phi) is 5.10. The van der Waals surface area contributed by atoms with E-state index in [-0.39, 0.29) is 10.8 Å². The van der Waals surface area contributed by atoms with E-state index >= 15 is 0 Å². The summed E-state index contributed by atoms with van der Waals surface area (Å²) >= 11 is 3.33. The van der Waals surface area contributed by atoms with E-state index in [1.54, 1.807) is 0 Å². The molecular formula is C19H23N5OS2. The summed E-state index contributed by atoms with van der Waals surface area (Å²) in [5.41, 5.74) is 1.11. The first-order chi connectivity index (χ1) is 13.0. The fourth-order valence-electron chi connectivity index (χ4n) is 3.07.